The second kappa shape index (κ2) is 8.67. The molecular formula is C19H23ClN4O3S2. The molecule has 0 aliphatic carbocycles. The van der Waals surface area contributed by atoms with Crippen LogP contribution < -0.4 is 0 Å². The molecule has 10 heteroatoms. The van der Waals surface area contributed by atoms with Gasteiger partial charge in [0.2, 0.25) is 5.91 Å². The van der Waals surface area contributed by atoms with Gasteiger partial charge in [0.1, 0.15) is 0 Å². The fourth-order valence-electron chi connectivity index (χ4n) is 3.84. The van der Waals surface area contributed by atoms with Crippen molar-refractivity contribution in [3.63, 3.8) is 0 Å². The van der Waals surface area contributed by atoms with Crippen LogP contribution in [-0.4, -0.2) is 83.2 Å². The van der Waals surface area contributed by atoms with Gasteiger partial charge in [-0.25, -0.2) is 13.4 Å². The molecule has 2 saturated heterocycles. The van der Waals surface area contributed by atoms with Crippen LogP contribution in [0, 0.1) is 0 Å². The number of aromatic nitrogens is 2. The molecule has 1 unspecified atom stereocenters. The van der Waals surface area contributed by atoms with Crippen molar-refractivity contribution in [2.45, 2.75) is 17.6 Å². The van der Waals surface area contributed by atoms with E-state index in [1.54, 1.807) is 6.20 Å². The lowest BCUT2D eigenvalue weighted by Gasteiger charge is -2.37. The molecule has 2 fully saturated rings. The molecule has 3 heterocycles. The van der Waals surface area contributed by atoms with Crippen molar-refractivity contribution in [1.82, 2.24) is 19.4 Å². The van der Waals surface area contributed by atoms with Gasteiger partial charge in [0.15, 0.2) is 15.0 Å². The van der Waals surface area contributed by atoms with Crippen molar-refractivity contribution < 1.29 is 13.2 Å². The summed E-state index contributed by atoms with van der Waals surface area (Å²) in [6.07, 6.45) is 4.27. The van der Waals surface area contributed by atoms with Crippen LogP contribution >= 0.6 is 23.4 Å². The zero-order valence-corrected chi connectivity index (χ0v) is 18.3. The zero-order valence-electron chi connectivity index (χ0n) is 15.9. The number of piperazine rings is 1. The highest BCUT2D eigenvalue weighted by atomic mass is 35.5. The van der Waals surface area contributed by atoms with E-state index in [0.29, 0.717) is 30.3 Å². The molecule has 29 heavy (non-hydrogen) atoms. The number of carbonyl (C=O) groups is 1. The maximum atomic E-state index is 12.7. The van der Waals surface area contributed by atoms with Crippen LogP contribution in [-0.2, 0) is 14.6 Å². The van der Waals surface area contributed by atoms with E-state index < -0.39 is 9.84 Å². The summed E-state index contributed by atoms with van der Waals surface area (Å²) < 4.78 is 25.3. The van der Waals surface area contributed by atoms with Gasteiger partial charge >= 0.3 is 0 Å². The summed E-state index contributed by atoms with van der Waals surface area (Å²) in [5.41, 5.74) is 0.907. The largest absolute Gasteiger partial charge is 0.339 e. The Balaban J connectivity index is 1.30. The fourth-order valence-corrected chi connectivity index (χ4v) is 6.66. The monoisotopic (exact) mass is 454 g/mol. The van der Waals surface area contributed by atoms with Crippen LogP contribution in [0.25, 0.3) is 5.69 Å². The van der Waals surface area contributed by atoms with E-state index in [-0.39, 0.29) is 23.5 Å². The van der Waals surface area contributed by atoms with E-state index >= 15 is 0 Å². The number of rotatable bonds is 5. The highest BCUT2D eigenvalue weighted by Gasteiger charge is 2.34. The number of thioether (sulfide) groups is 1. The van der Waals surface area contributed by atoms with E-state index in [1.165, 1.54) is 11.8 Å². The van der Waals surface area contributed by atoms with E-state index in [1.807, 2.05) is 39.9 Å². The number of benzene rings is 1. The Kier molecular flexibility index (Phi) is 6.19. The topological polar surface area (TPSA) is 75.5 Å². The predicted molar refractivity (Wildman–Crippen MR) is 115 cm³/mol. The second-order valence-corrected chi connectivity index (χ2v) is 10.9. The Labute approximate surface area is 179 Å². The van der Waals surface area contributed by atoms with Gasteiger partial charge in [0, 0.05) is 55.3 Å². The summed E-state index contributed by atoms with van der Waals surface area (Å²) in [6, 6.07) is 7.61. The van der Waals surface area contributed by atoms with Crippen LogP contribution in [0.1, 0.15) is 6.42 Å². The van der Waals surface area contributed by atoms with E-state index in [2.05, 4.69) is 9.88 Å². The van der Waals surface area contributed by atoms with Crippen molar-refractivity contribution in [3.05, 3.63) is 41.7 Å². The molecule has 7 nitrogen and oxygen atoms in total. The van der Waals surface area contributed by atoms with Gasteiger partial charge in [-0.05, 0) is 24.6 Å². The first-order valence-electron chi connectivity index (χ1n) is 9.56. The highest BCUT2D eigenvalue weighted by Crippen LogP contribution is 2.23. The zero-order chi connectivity index (χ0) is 20.4. The number of hydrogen-bond acceptors (Lipinski definition) is 6. The van der Waals surface area contributed by atoms with Gasteiger partial charge in [-0.3, -0.25) is 14.3 Å². The maximum absolute atomic E-state index is 12.7. The number of sulfone groups is 1. The van der Waals surface area contributed by atoms with Crippen molar-refractivity contribution in [2.24, 2.45) is 0 Å². The summed E-state index contributed by atoms with van der Waals surface area (Å²) in [5, 5.41) is 1.39. The summed E-state index contributed by atoms with van der Waals surface area (Å²) in [5.74, 6) is 0.930. The summed E-state index contributed by atoms with van der Waals surface area (Å²) in [4.78, 5) is 21.1. The van der Waals surface area contributed by atoms with Crippen LogP contribution in [0.15, 0.2) is 41.8 Å². The Morgan fingerprint density at radius 1 is 1.24 bits per heavy atom. The number of imidazole rings is 1. The molecule has 1 atom stereocenters. The first kappa shape index (κ1) is 20.7. The smallest absolute Gasteiger partial charge is 0.233 e. The molecule has 0 spiro atoms. The lowest BCUT2D eigenvalue weighted by molar-refractivity contribution is -0.130. The number of amides is 1. The van der Waals surface area contributed by atoms with Gasteiger partial charge in [-0.1, -0.05) is 29.4 Å². The van der Waals surface area contributed by atoms with Crippen LogP contribution in [0.4, 0.5) is 0 Å². The van der Waals surface area contributed by atoms with Crippen LogP contribution in [0.2, 0.25) is 5.02 Å². The third-order valence-electron chi connectivity index (χ3n) is 5.41. The molecule has 2 aliphatic heterocycles. The predicted octanol–water partition coefficient (Wildman–Crippen LogP) is 1.95. The van der Waals surface area contributed by atoms with E-state index in [4.69, 9.17) is 11.6 Å². The minimum Gasteiger partial charge on any atom is -0.339 e. The van der Waals surface area contributed by atoms with Crippen molar-refractivity contribution in [2.75, 3.05) is 43.4 Å². The van der Waals surface area contributed by atoms with Gasteiger partial charge in [-0.2, -0.15) is 0 Å². The molecule has 1 aromatic heterocycles. The van der Waals surface area contributed by atoms with Crippen molar-refractivity contribution >= 4 is 39.1 Å². The standard InChI is InChI=1S/C19H23ClN4O3S2/c20-15-2-1-3-16(12-15)24-6-5-21-19(24)28-13-18(25)23-9-7-22(8-10-23)17-4-11-29(26,27)14-17/h1-3,5-6,12,17H,4,7-11,13-14H2. The average molecular weight is 455 g/mol. The summed E-state index contributed by atoms with van der Waals surface area (Å²) in [7, 11) is -2.88. The Morgan fingerprint density at radius 2 is 2.03 bits per heavy atom. The Hall–Kier alpha value is -1.55. The minimum absolute atomic E-state index is 0.0781. The second-order valence-electron chi connectivity index (χ2n) is 7.32. The first-order chi connectivity index (χ1) is 13.9. The number of halogens is 1. The van der Waals surface area contributed by atoms with Crippen molar-refractivity contribution in [3.8, 4) is 5.69 Å². The molecule has 0 radical (unpaired) electrons. The summed E-state index contributed by atoms with van der Waals surface area (Å²) in [6.45, 7) is 2.73. The molecule has 0 N–H and O–H groups in total. The molecule has 4 rings (SSSR count). The van der Waals surface area contributed by atoms with E-state index in [9.17, 15) is 13.2 Å². The van der Waals surface area contributed by atoms with E-state index in [0.717, 1.165) is 23.9 Å². The normalized spacial score (nSPS) is 22.1. The molecule has 2 aliphatic rings. The lowest BCUT2D eigenvalue weighted by atomic mass is 10.2. The van der Waals surface area contributed by atoms with Crippen LogP contribution in [0.5, 0.6) is 0 Å². The molecule has 1 aromatic carbocycles. The van der Waals surface area contributed by atoms with Crippen LogP contribution in [0.3, 0.4) is 0 Å². The molecule has 0 saturated carbocycles. The van der Waals surface area contributed by atoms with Crippen molar-refractivity contribution in [1.29, 1.82) is 0 Å². The molecule has 156 valence electrons. The third-order valence-corrected chi connectivity index (χ3v) is 8.35. The minimum atomic E-state index is -2.88. The SMILES string of the molecule is O=C(CSc1nccn1-c1cccc(Cl)c1)N1CCN(C2CCS(=O)(=O)C2)CC1. The third kappa shape index (κ3) is 4.96. The first-order valence-corrected chi connectivity index (χ1v) is 12.7. The van der Waals surface area contributed by atoms with Gasteiger partial charge in [0.05, 0.1) is 17.3 Å². The molecular weight excluding hydrogens is 432 g/mol. The quantitative estimate of drug-likeness (QED) is 0.643. The molecule has 1 amide bonds. The number of carbonyl (C=O) groups excluding carboxylic acids is 1. The molecule has 0 bridgehead atoms. The van der Waals surface area contributed by atoms with Gasteiger partial charge < -0.3 is 4.90 Å². The number of nitrogens with zero attached hydrogens (tertiary/aromatic N) is 4. The Bertz CT molecular complexity index is 987. The number of hydrogen-bond donors (Lipinski definition) is 0. The highest BCUT2D eigenvalue weighted by molar-refractivity contribution is 7.99. The lowest BCUT2D eigenvalue weighted by Crippen LogP contribution is -2.52. The maximum Gasteiger partial charge on any atom is 0.233 e. The summed E-state index contributed by atoms with van der Waals surface area (Å²) >= 11 is 7.49. The van der Waals surface area contributed by atoms with Gasteiger partial charge in [0.25, 0.3) is 0 Å². The fraction of sp³-hybridized carbons (Fsp3) is 0.474. The Morgan fingerprint density at radius 3 is 2.72 bits per heavy atom. The molecule has 2 aromatic rings. The van der Waals surface area contributed by atoms with Gasteiger partial charge in [-0.15, -0.1) is 0 Å². The average Bonchev–Trinajstić information content (AvgIpc) is 3.32.